The lowest BCUT2D eigenvalue weighted by atomic mass is 10.00. The largest absolute Gasteiger partial charge is 0.456 e. The van der Waals surface area contributed by atoms with Crippen molar-refractivity contribution in [2.24, 2.45) is 0 Å². The summed E-state index contributed by atoms with van der Waals surface area (Å²) in [7, 11) is 0. The van der Waals surface area contributed by atoms with Gasteiger partial charge in [0.1, 0.15) is 11.2 Å². The normalized spacial score (nSPS) is 12.1. The van der Waals surface area contributed by atoms with Gasteiger partial charge in [-0.3, -0.25) is 4.57 Å². The van der Waals surface area contributed by atoms with Gasteiger partial charge in [0.15, 0.2) is 0 Å². The Labute approximate surface area is 251 Å². The van der Waals surface area contributed by atoms with Crippen molar-refractivity contribution >= 4 is 76.2 Å². The summed E-state index contributed by atoms with van der Waals surface area (Å²) in [5, 5.41) is 10.5. The molecule has 0 aliphatic heterocycles. The van der Waals surface area contributed by atoms with Gasteiger partial charge >= 0.3 is 0 Å². The van der Waals surface area contributed by atoms with Crippen molar-refractivity contribution in [1.82, 2.24) is 14.5 Å². The molecule has 44 heavy (non-hydrogen) atoms. The second kappa shape index (κ2) is 8.76. The van der Waals surface area contributed by atoms with Gasteiger partial charge in [-0.1, -0.05) is 103 Å². The van der Waals surface area contributed by atoms with Crippen LogP contribution in [0.5, 0.6) is 0 Å². The molecule has 0 spiro atoms. The summed E-state index contributed by atoms with van der Waals surface area (Å²) in [4.78, 5) is 10.5. The minimum absolute atomic E-state index is 0.647. The van der Waals surface area contributed by atoms with Crippen LogP contribution in [0.1, 0.15) is 0 Å². The number of para-hydroxylation sites is 2. The molecule has 0 bridgehead atoms. The quantitative estimate of drug-likeness (QED) is 0.211. The summed E-state index contributed by atoms with van der Waals surface area (Å²) in [6, 6.07) is 48.9. The summed E-state index contributed by atoms with van der Waals surface area (Å²) < 4.78 is 8.51. The van der Waals surface area contributed by atoms with E-state index in [4.69, 9.17) is 14.4 Å². The Bertz CT molecular complexity index is 2690. The van der Waals surface area contributed by atoms with Gasteiger partial charge < -0.3 is 4.42 Å². The first-order valence-electron chi connectivity index (χ1n) is 14.8. The van der Waals surface area contributed by atoms with Crippen molar-refractivity contribution < 1.29 is 4.42 Å². The first-order valence-corrected chi connectivity index (χ1v) is 14.8. The molecule has 10 rings (SSSR count). The minimum Gasteiger partial charge on any atom is -0.456 e. The number of furan rings is 1. The third kappa shape index (κ3) is 3.22. The van der Waals surface area contributed by atoms with Crippen molar-refractivity contribution in [3.05, 3.63) is 140 Å². The fraction of sp³-hybridized carbons (Fsp3) is 0. The van der Waals surface area contributed by atoms with E-state index in [1.165, 1.54) is 32.3 Å². The molecular formula is C40H23N3O. The number of hydrogen-bond donors (Lipinski definition) is 0. The predicted molar refractivity (Wildman–Crippen MR) is 182 cm³/mol. The van der Waals surface area contributed by atoms with Crippen LogP contribution in [0.25, 0.3) is 93.4 Å². The van der Waals surface area contributed by atoms with Gasteiger partial charge in [-0.2, -0.15) is 0 Å². The predicted octanol–water partition coefficient (Wildman–Crippen LogP) is 10.6. The van der Waals surface area contributed by atoms with Crippen LogP contribution in [0.15, 0.2) is 144 Å². The van der Waals surface area contributed by atoms with E-state index in [1.807, 2.05) is 30.3 Å². The number of rotatable bonds is 2. The fourth-order valence-electron chi connectivity index (χ4n) is 7.02. The van der Waals surface area contributed by atoms with E-state index in [-0.39, 0.29) is 0 Å². The summed E-state index contributed by atoms with van der Waals surface area (Å²) >= 11 is 0. The Balaban J connectivity index is 1.32. The fourth-order valence-corrected chi connectivity index (χ4v) is 7.02. The molecule has 10 aromatic rings. The molecule has 0 saturated carbocycles. The van der Waals surface area contributed by atoms with Gasteiger partial charge in [-0.15, -0.1) is 0 Å². The van der Waals surface area contributed by atoms with Gasteiger partial charge in [0.2, 0.25) is 5.95 Å². The monoisotopic (exact) mass is 561 g/mol. The first-order chi connectivity index (χ1) is 21.8. The van der Waals surface area contributed by atoms with Gasteiger partial charge in [0, 0.05) is 32.5 Å². The Morgan fingerprint density at radius 3 is 1.77 bits per heavy atom. The molecule has 3 heterocycles. The molecule has 4 heteroatoms. The van der Waals surface area contributed by atoms with E-state index < -0.39 is 0 Å². The number of benzene rings is 7. The van der Waals surface area contributed by atoms with E-state index in [9.17, 15) is 0 Å². The molecule has 0 saturated heterocycles. The molecule has 0 aliphatic carbocycles. The smallest absolute Gasteiger partial charge is 0.235 e. The summed E-state index contributed by atoms with van der Waals surface area (Å²) in [6.45, 7) is 0. The average molecular weight is 562 g/mol. The molecule has 0 amide bonds. The SMILES string of the molecule is c1ccc2c(c1)ccc1c2c2c3ccccc3ccc2n1-c1nc(-c2ccc3c(c2)oc2ccccc23)c2ccccc2n1. The van der Waals surface area contributed by atoms with Crippen LogP contribution in [0.4, 0.5) is 0 Å². The molecular weight excluding hydrogens is 538 g/mol. The van der Waals surface area contributed by atoms with E-state index in [0.717, 1.165) is 55.1 Å². The lowest BCUT2D eigenvalue weighted by Crippen LogP contribution is -2.03. The van der Waals surface area contributed by atoms with Crippen molar-refractivity contribution in [2.45, 2.75) is 0 Å². The van der Waals surface area contributed by atoms with Crippen molar-refractivity contribution in [3.8, 4) is 17.2 Å². The first kappa shape index (κ1) is 23.6. The minimum atomic E-state index is 0.647. The molecule has 0 aliphatic rings. The van der Waals surface area contributed by atoms with Gasteiger partial charge in [-0.05, 0) is 57.9 Å². The molecule has 0 radical (unpaired) electrons. The highest BCUT2D eigenvalue weighted by Crippen LogP contribution is 2.41. The topological polar surface area (TPSA) is 43.9 Å². The maximum absolute atomic E-state index is 6.28. The second-order valence-corrected chi connectivity index (χ2v) is 11.4. The lowest BCUT2D eigenvalue weighted by molar-refractivity contribution is 0.669. The van der Waals surface area contributed by atoms with Crippen LogP contribution >= 0.6 is 0 Å². The maximum atomic E-state index is 6.28. The van der Waals surface area contributed by atoms with Crippen LogP contribution in [0.3, 0.4) is 0 Å². The molecule has 0 unspecified atom stereocenters. The molecule has 0 atom stereocenters. The molecule has 0 fully saturated rings. The molecule has 7 aromatic carbocycles. The zero-order chi connectivity index (χ0) is 28.8. The van der Waals surface area contributed by atoms with Crippen molar-refractivity contribution in [2.75, 3.05) is 0 Å². The number of nitrogens with zero attached hydrogens (tertiary/aromatic N) is 3. The van der Waals surface area contributed by atoms with Crippen LogP contribution in [0.2, 0.25) is 0 Å². The number of hydrogen-bond acceptors (Lipinski definition) is 3. The highest BCUT2D eigenvalue weighted by atomic mass is 16.3. The van der Waals surface area contributed by atoms with E-state index in [0.29, 0.717) is 5.95 Å². The average Bonchev–Trinajstić information content (AvgIpc) is 3.63. The molecule has 0 N–H and O–H groups in total. The van der Waals surface area contributed by atoms with Crippen molar-refractivity contribution in [3.63, 3.8) is 0 Å². The summed E-state index contributed by atoms with van der Waals surface area (Å²) in [6.07, 6.45) is 0. The van der Waals surface area contributed by atoms with E-state index in [2.05, 4.69) is 114 Å². The highest BCUT2D eigenvalue weighted by molar-refractivity contribution is 6.28. The lowest BCUT2D eigenvalue weighted by Gasteiger charge is -2.12. The molecule has 204 valence electrons. The van der Waals surface area contributed by atoms with Crippen LogP contribution in [-0.4, -0.2) is 14.5 Å². The third-order valence-corrected chi connectivity index (χ3v) is 8.99. The maximum Gasteiger partial charge on any atom is 0.235 e. The Kier molecular flexibility index (Phi) is 4.69. The Morgan fingerprint density at radius 1 is 0.455 bits per heavy atom. The van der Waals surface area contributed by atoms with E-state index in [1.54, 1.807) is 0 Å². The van der Waals surface area contributed by atoms with Crippen LogP contribution < -0.4 is 0 Å². The van der Waals surface area contributed by atoms with Crippen LogP contribution in [-0.2, 0) is 0 Å². The highest BCUT2D eigenvalue weighted by Gasteiger charge is 2.20. The summed E-state index contributed by atoms with van der Waals surface area (Å²) in [5.74, 6) is 0.647. The zero-order valence-corrected chi connectivity index (χ0v) is 23.5. The van der Waals surface area contributed by atoms with Gasteiger partial charge in [0.05, 0.1) is 22.2 Å². The molecule has 3 aromatic heterocycles. The number of fused-ring (bicyclic) bond motifs is 11. The van der Waals surface area contributed by atoms with Crippen molar-refractivity contribution in [1.29, 1.82) is 0 Å². The standard InChI is InChI=1S/C40H23N3O/c1-3-11-27-24(9-1)18-21-33-37(27)38-28-12-4-2-10-25(28)19-22-34(38)43(33)40-41-32-15-7-5-14-31(32)39(42-40)26-17-20-30-29-13-6-8-16-35(29)44-36(30)23-26/h1-23H. The Hall–Kier alpha value is -6.00. The number of aromatic nitrogens is 3. The van der Waals surface area contributed by atoms with Crippen LogP contribution in [0, 0.1) is 0 Å². The molecule has 4 nitrogen and oxygen atoms in total. The van der Waals surface area contributed by atoms with Gasteiger partial charge in [0.25, 0.3) is 0 Å². The summed E-state index contributed by atoms with van der Waals surface area (Å²) in [5.41, 5.74) is 6.68. The third-order valence-electron chi connectivity index (χ3n) is 8.99. The zero-order valence-electron chi connectivity index (χ0n) is 23.5. The second-order valence-electron chi connectivity index (χ2n) is 11.4. The Morgan fingerprint density at radius 2 is 1.05 bits per heavy atom. The van der Waals surface area contributed by atoms with E-state index >= 15 is 0 Å². The van der Waals surface area contributed by atoms with Gasteiger partial charge in [-0.25, -0.2) is 9.97 Å².